The second-order valence-corrected chi connectivity index (χ2v) is 12.8. The maximum atomic E-state index is 13.7. The summed E-state index contributed by atoms with van der Waals surface area (Å²) in [4.78, 5) is 13.7. The van der Waals surface area contributed by atoms with Crippen LogP contribution in [0.4, 0.5) is 0 Å². The Hall–Kier alpha value is -2.09. The molecule has 0 unspecified atom stereocenters. The second kappa shape index (κ2) is 10.5. The van der Waals surface area contributed by atoms with E-state index in [1.54, 1.807) is 0 Å². The van der Waals surface area contributed by atoms with Crippen LogP contribution >= 0.6 is 0 Å². The van der Waals surface area contributed by atoms with Crippen molar-refractivity contribution in [3.05, 3.63) is 64.2 Å². The summed E-state index contributed by atoms with van der Waals surface area (Å²) in [7, 11) is 0. The molecule has 0 aliphatic heterocycles. The number of benzene rings is 2. The molecule has 0 saturated carbocycles. The number of hydrogen-bond acceptors (Lipinski definition) is 2. The van der Waals surface area contributed by atoms with E-state index in [0.717, 1.165) is 36.8 Å². The predicted molar refractivity (Wildman–Crippen MR) is 151 cm³/mol. The lowest BCUT2D eigenvalue weighted by Gasteiger charge is -2.31. The highest BCUT2D eigenvalue weighted by Gasteiger charge is 2.31. The molecule has 2 nitrogen and oxygen atoms in total. The standard InChI is InChI=1S/C33H50O2/c1-13-30(5,6)23-17-19-25(26(21-23)32(9,10)15-3)29(34)35-28-20-18-24(31(7,8)14-2)22-27(28)33(11,12)16-4/h17-22H,13-16H2,1-12H3. The van der Waals surface area contributed by atoms with E-state index >= 15 is 0 Å². The van der Waals surface area contributed by atoms with E-state index in [2.05, 4.69) is 107 Å². The van der Waals surface area contributed by atoms with Crippen LogP contribution in [0.5, 0.6) is 5.75 Å². The Labute approximate surface area is 215 Å². The van der Waals surface area contributed by atoms with Crippen molar-refractivity contribution < 1.29 is 9.53 Å². The van der Waals surface area contributed by atoms with Gasteiger partial charge in [-0.15, -0.1) is 0 Å². The van der Waals surface area contributed by atoms with Crippen LogP contribution in [-0.2, 0) is 21.7 Å². The first-order chi connectivity index (χ1) is 16.1. The smallest absolute Gasteiger partial charge is 0.343 e. The van der Waals surface area contributed by atoms with Gasteiger partial charge in [-0.25, -0.2) is 4.79 Å². The van der Waals surface area contributed by atoms with Crippen LogP contribution in [0.15, 0.2) is 36.4 Å². The molecule has 0 heterocycles. The number of rotatable bonds is 10. The summed E-state index contributed by atoms with van der Waals surface area (Å²) in [6.45, 7) is 26.8. The van der Waals surface area contributed by atoms with Crippen LogP contribution in [0.3, 0.4) is 0 Å². The van der Waals surface area contributed by atoms with Crippen LogP contribution < -0.4 is 4.74 Å². The first-order valence-corrected chi connectivity index (χ1v) is 13.6. The van der Waals surface area contributed by atoms with Gasteiger partial charge in [0.05, 0.1) is 5.56 Å². The Morgan fingerprint density at radius 3 is 1.46 bits per heavy atom. The van der Waals surface area contributed by atoms with Gasteiger partial charge in [-0.2, -0.15) is 0 Å². The van der Waals surface area contributed by atoms with Crippen molar-refractivity contribution in [1.82, 2.24) is 0 Å². The summed E-state index contributed by atoms with van der Waals surface area (Å²) >= 11 is 0. The molecule has 0 aromatic heterocycles. The summed E-state index contributed by atoms with van der Waals surface area (Å²) < 4.78 is 6.21. The van der Waals surface area contributed by atoms with Gasteiger partial charge in [0, 0.05) is 5.56 Å². The molecule has 2 rings (SSSR count). The third-order valence-electron chi connectivity index (χ3n) is 8.98. The number of carbonyl (C=O) groups is 1. The number of hydrogen-bond donors (Lipinski definition) is 0. The predicted octanol–water partition coefficient (Wildman–Crippen LogP) is 9.66. The van der Waals surface area contributed by atoms with Gasteiger partial charge >= 0.3 is 5.97 Å². The van der Waals surface area contributed by atoms with E-state index in [9.17, 15) is 4.79 Å². The zero-order valence-electron chi connectivity index (χ0n) is 24.6. The minimum Gasteiger partial charge on any atom is -0.423 e. The van der Waals surface area contributed by atoms with Gasteiger partial charge < -0.3 is 4.74 Å². The lowest BCUT2D eigenvalue weighted by atomic mass is 9.75. The van der Waals surface area contributed by atoms with Gasteiger partial charge in [0.2, 0.25) is 0 Å². The molecule has 35 heavy (non-hydrogen) atoms. The van der Waals surface area contributed by atoms with Crippen LogP contribution in [0.1, 0.15) is 141 Å². The maximum Gasteiger partial charge on any atom is 0.343 e. The van der Waals surface area contributed by atoms with Crippen LogP contribution in [-0.4, -0.2) is 5.97 Å². The monoisotopic (exact) mass is 478 g/mol. The SMILES string of the molecule is CCC(C)(C)c1ccc(OC(=O)c2ccc(C(C)(C)CC)cc2C(C)(C)CC)c(C(C)(C)CC)c1. The zero-order chi connectivity index (χ0) is 26.8. The normalized spacial score (nSPS) is 13.1. The quantitative estimate of drug-likeness (QED) is 0.251. The van der Waals surface area contributed by atoms with E-state index in [1.165, 1.54) is 11.1 Å². The van der Waals surface area contributed by atoms with E-state index in [-0.39, 0.29) is 27.6 Å². The van der Waals surface area contributed by atoms with Crippen molar-refractivity contribution in [2.45, 2.75) is 130 Å². The Kier molecular flexibility index (Phi) is 8.73. The topological polar surface area (TPSA) is 26.3 Å². The van der Waals surface area contributed by atoms with Crippen LogP contribution in [0.25, 0.3) is 0 Å². The van der Waals surface area contributed by atoms with E-state index in [0.29, 0.717) is 11.3 Å². The van der Waals surface area contributed by atoms with Gasteiger partial charge in [-0.05, 0) is 76.2 Å². The van der Waals surface area contributed by atoms with E-state index < -0.39 is 0 Å². The summed E-state index contributed by atoms with van der Waals surface area (Å²) in [5.41, 5.74) is 5.30. The third-order valence-corrected chi connectivity index (χ3v) is 8.98. The molecule has 0 radical (unpaired) electrons. The second-order valence-electron chi connectivity index (χ2n) is 12.8. The van der Waals surface area contributed by atoms with Crippen LogP contribution in [0, 0.1) is 0 Å². The lowest BCUT2D eigenvalue weighted by Crippen LogP contribution is -2.26. The highest BCUT2D eigenvalue weighted by molar-refractivity contribution is 5.93. The maximum absolute atomic E-state index is 13.7. The van der Waals surface area contributed by atoms with Crippen molar-refractivity contribution in [2.75, 3.05) is 0 Å². The Balaban J connectivity index is 2.62. The van der Waals surface area contributed by atoms with Gasteiger partial charge in [0.15, 0.2) is 0 Å². The molecule has 0 N–H and O–H groups in total. The molecule has 2 aromatic rings. The van der Waals surface area contributed by atoms with Gasteiger partial charge in [-0.1, -0.05) is 107 Å². The molecule has 0 aliphatic rings. The van der Waals surface area contributed by atoms with Crippen molar-refractivity contribution >= 4 is 5.97 Å². The lowest BCUT2D eigenvalue weighted by molar-refractivity contribution is 0.0728. The summed E-state index contributed by atoms with van der Waals surface area (Å²) in [5.74, 6) is 0.411. The molecule has 0 saturated heterocycles. The fourth-order valence-corrected chi connectivity index (χ4v) is 4.22. The Morgan fingerprint density at radius 2 is 1.00 bits per heavy atom. The molecule has 0 bridgehead atoms. The molecule has 0 atom stereocenters. The molecule has 0 fully saturated rings. The van der Waals surface area contributed by atoms with Gasteiger partial charge in [-0.3, -0.25) is 0 Å². The highest BCUT2D eigenvalue weighted by atomic mass is 16.5. The van der Waals surface area contributed by atoms with Gasteiger partial charge in [0.25, 0.3) is 0 Å². The molecule has 0 spiro atoms. The van der Waals surface area contributed by atoms with Crippen molar-refractivity contribution in [3.8, 4) is 5.75 Å². The van der Waals surface area contributed by atoms with E-state index in [1.807, 2.05) is 12.1 Å². The average Bonchev–Trinajstić information content (AvgIpc) is 2.83. The Morgan fingerprint density at radius 1 is 0.600 bits per heavy atom. The minimum absolute atomic E-state index is 0.0568. The molecule has 2 heteroatoms. The number of ether oxygens (including phenoxy) is 1. The molecular formula is C33H50O2. The largest absolute Gasteiger partial charge is 0.423 e. The van der Waals surface area contributed by atoms with Gasteiger partial charge in [0.1, 0.15) is 5.75 Å². The fraction of sp³-hybridized carbons (Fsp3) is 0.606. The van der Waals surface area contributed by atoms with Crippen molar-refractivity contribution in [2.24, 2.45) is 0 Å². The van der Waals surface area contributed by atoms with E-state index in [4.69, 9.17) is 4.74 Å². The summed E-state index contributed by atoms with van der Waals surface area (Å²) in [6, 6.07) is 12.7. The first-order valence-electron chi connectivity index (χ1n) is 13.6. The number of esters is 1. The highest BCUT2D eigenvalue weighted by Crippen LogP contribution is 2.40. The van der Waals surface area contributed by atoms with Crippen molar-refractivity contribution in [1.29, 1.82) is 0 Å². The average molecular weight is 479 g/mol. The molecular weight excluding hydrogens is 428 g/mol. The molecule has 194 valence electrons. The van der Waals surface area contributed by atoms with Crippen LogP contribution in [0.2, 0.25) is 0 Å². The molecule has 0 amide bonds. The zero-order valence-corrected chi connectivity index (χ0v) is 24.6. The van der Waals surface area contributed by atoms with Crippen molar-refractivity contribution in [3.63, 3.8) is 0 Å². The first kappa shape index (κ1) is 29.1. The number of carbonyl (C=O) groups excluding carboxylic acids is 1. The summed E-state index contributed by atoms with van der Waals surface area (Å²) in [5, 5.41) is 0. The summed E-state index contributed by atoms with van der Waals surface area (Å²) in [6.07, 6.45) is 3.99. The Bertz CT molecular complexity index is 1040. The fourth-order valence-electron chi connectivity index (χ4n) is 4.22. The minimum atomic E-state index is -0.266. The third kappa shape index (κ3) is 6.19. The molecule has 0 aliphatic carbocycles. The molecule has 2 aromatic carbocycles.